The summed E-state index contributed by atoms with van der Waals surface area (Å²) in [6, 6.07) is 10.4. The SMILES string of the molecule is CCC(=O)NC(Cc1cc(=O)[nH]c(-c2ccncc2)n1)c1ccc(F)cc1. The highest BCUT2D eigenvalue weighted by atomic mass is 19.1. The van der Waals surface area contributed by atoms with Crippen molar-refractivity contribution in [3.63, 3.8) is 0 Å². The van der Waals surface area contributed by atoms with Crippen molar-refractivity contribution in [3.8, 4) is 11.4 Å². The van der Waals surface area contributed by atoms with E-state index in [9.17, 15) is 14.0 Å². The number of pyridine rings is 1. The molecule has 0 saturated heterocycles. The van der Waals surface area contributed by atoms with Gasteiger partial charge in [0, 0.05) is 36.9 Å². The minimum Gasteiger partial charge on any atom is -0.349 e. The second-order valence-corrected chi connectivity index (χ2v) is 6.05. The first-order chi connectivity index (χ1) is 13.0. The summed E-state index contributed by atoms with van der Waals surface area (Å²) in [7, 11) is 0. The van der Waals surface area contributed by atoms with Crippen molar-refractivity contribution in [1.29, 1.82) is 0 Å². The molecule has 2 aromatic heterocycles. The van der Waals surface area contributed by atoms with Gasteiger partial charge < -0.3 is 10.3 Å². The smallest absolute Gasteiger partial charge is 0.251 e. The maximum atomic E-state index is 13.2. The van der Waals surface area contributed by atoms with Crippen LogP contribution in [0.2, 0.25) is 0 Å². The van der Waals surface area contributed by atoms with Crippen LogP contribution in [0.25, 0.3) is 11.4 Å². The number of nitrogens with zero attached hydrogens (tertiary/aromatic N) is 2. The third-order valence-electron chi connectivity index (χ3n) is 4.09. The number of nitrogens with one attached hydrogen (secondary N) is 2. The van der Waals surface area contributed by atoms with E-state index in [0.29, 0.717) is 24.4 Å². The molecule has 0 spiro atoms. The van der Waals surface area contributed by atoms with Gasteiger partial charge in [0.2, 0.25) is 5.91 Å². The molecule has 0 aliphatic rings. The zero-order valence-electron chi connectivity index (χ0n) is 14.8. The first-order valence-electron chi connectivity index (χ1n) is 8.60. The fourth-order valence-electron chi connectivity index (χ4n) is 2.71. The average Bonchev–Trinajstić information content (AvgIpc) is 2.68. The maximum absolute atomic E-state index is 13.2. The first-order valence-corrected chi connectivity index (χ1v) is 8.60. The predicted molar refractivity (Wildman–Crippen MR) is 99.4 cm³/mol. The van der Waals surface area contributed by atoms with Crippen LogP contribution in [0.15, 0.2) is 59.7 Å². The molecule has 0 bridgehead atoms. The molecule has 0 radical (unpaired) electrons. The predicted octanol–water partition coefficient (Wildman–Crippen LogP) is 2.78. The molecular weight excluding hydrogens is 347 g/mol. The summed E-state index contributed by atoms with van der Waals surface area (Å²) < 4.78 is 13.2. The number of rotatable bonds is 6. The second-order valence-electron chi connectivity index (χ2n) is 6.05. The summed E-state index contributed by atoms with van der Waals surface area (Å²) in [4.78, 5) is 35.2. The van der Waals surface area contributed by atoms with E-state index in [1.807, 2.05) is 0 Å². The van der Waals surface area contributed by atoms with Crippen LogP contribution < -0.4 is 10.9 Å². The highest BCUT2D eigenvalue weighted by Gasteiger charge is 2.17. The number of aromatic amines is 1. The number of carbonyl (C=O) groups is 1. The van der Waals surface area contributed by atoms with E-state index in [1.54, 1.807) is 43.6 Å². The van der Waals surface area contributed by atoms with Gasteiger partial charge in [-0.2, -0.15) is 0 Å². The molecular formula is C20H19FN4O2. The maximum Gasteiger partial charge on any atom is 0.251 e. The Hall–Kier alpha value is -3.35. The quantitative estimate of drug-likeness (QED) is 0.702. The lowest BCUT2D eigenvalue weighted by Crippen LogP contribution is -2.30. The van der Waals surface area contributed by atoms with Gasteiger partial charge in [-0.3, -0.25) is 14.6 Å². The normalized spacial score (nSPS) is 11.8. The largest absolute Gasteiger partial charge is 0.349 e. The van der Waals surface area contributed by atoms with Gasteiger partial charge in [0.25, 0.3) is 5.56 Å². The van der Waals surface area contributed by atoms with E-state index in [1.165, 1.54) is 18.2 Å². The van der Waals surface area contributed by atoms with Crippen molar-refractivity contribution >= 4 is 5.91 Å². The van der Waals surface area contributed by atoms with E-state index in [-0.39, 0.29) is 17.3 Å². The summed E-state index contributed by atoms with van der Waals surface area (Å²) >= 11 is 0. The molecule has 1 atom stereocenters. The Bertz CT molecular complexity index is 971. The summed E-state index contributed by atoms with van der Waals surface area (Å²) in [5.41, 5.74) is 1.72. The van der Waals surface area contributed by atoms with Gasteiger partial charge in [0.15, 0.2) is 0 Å². The van der Waals surface area contributed by atoms with Crippen LogP contribution >= 0.6 is 0 Å². The highest BCUT2D eigenvalue weighted by Crippen LogP contribution is 2.19. The van der Waals surface area contributed by atoms with Crippen LogP contribution in [0.5, 0.6) is 0 Å². The first kappa shape index (κ1) is 18.4. The lowest BCUT2D eigenvalue weighted by Gasteiger charge is -2.19. The van der Waals surface area contributed by atoms with Crippen LogP contribution in [0.4, 0.5) is 4.39 Å². The molecule has 0 fully saturated rings. The minimum atomic E-state index is -0.419. The van der Waals surface area contributed by atoms with Crippen molar-refractivity contribution in [2.45, 2.75) is 25.8 Å². The van der Waals surface area contributed by atoms with Gasteiger partial charge in [0.1, 0.15) is 11.6 Å². The van der Waals surface area contributed by atoms with Crippen LogP contribution in [0.1, 0.15) is 30.6 Å². The standard InChI is InChI=1S/C20H19FN4O2/c1-2-18(26)24-17(13-3-5-15(21)6-4-13)11-16-12-19(27)25-20(23-16)14-7-9-22-10-8-14/h3-10,12,17H,2,11H2,1H3,(H,24,26)(H,23,25,27). The fourth-order valence-corrected chi connectivity index (χ4v) is 2.71. The van der Waals surface area contributed by atoms with E-state index in [2.05, 4.69) is 20.3 Å². The molecule has 6 nitrogen and oxygen atoms in total. The van der Waals surface area contributed by atoms with Crippen molar-refractivity contribution in [2.75, 3.05) is 0 Å². The van der Waals surface area contributed by atoms with E-state index in [4.69, 9.17) is 0 Å². The molecule has 0 saturated carbocycles. The summed E-state index contributed by atoms with van der Waals surface area (Å²) in [5, 5.41) is 2.91. The fraction of sp³-hybridized carbons (Fsp3) is 0.200. The molecule has 3 aromatic rings. The number of benzene rings is 1. The Morgan fingerprint density at radius 2 is 1.89 bits per heavy atom. The average molecular weight is 366 g/mol. The zero-order valence-corrected chi connectivity index (χ0v) is 14.8. The number of halogens is 1. The van der Waals surface area contributed by atoms with Crippen LogP contribution in [0.3, 0.4) is 0 Å². The molecule has 1 unspecified atom stereocenters. The molecule has 1 amide bonds. The number of H-pyrrole nitrogens is 1. The van der Waals surface area contributed by atoms with Gasteiger partial charge in [-0.25, -0.2) is 9.37 Å². The minimum absolute atomic E-state index is 0.136. The summed E-state index contributed by atoms with van der Waals surface area (Å²) in [6.45, 7) is 1.75. The Kier molecular flexibility index (Phi) is 5.71. The molecule has 1 aromatic carbocycles. The lowest BCUT2D eigenvalue weighted by molar-refractivity contribution is -0.121. The molecule has 0 aliphatic heterocycles. The zero-order chi connectivity index (χ0) is 19.2. The third-order valence-corrected chi connectivity index (χ3v) is 4.09. The van der Waals surface area contributed by atoms with Crippen LogP contribution in [-0.4, -0.2) is 20.9 Å². The van der Waals surface area contributed by atoms with Crippen LogP contribution in [0, 0.1) is 5.82 Å². The van der Waals surface area contributed by atoms with Gasteiger partial charge in [-0.1, -0.05) is 19.1 Å². The lowest BCUT2D eigenvalue weighted by atomic mass is 10.0. The van der Waals surface area contributed by atoms with E-state index in [0.717, 1.165) is 11.1 Å². The summed E-state index contributed by atoms with van der Waals surface area (Å²) in [6.07, 6.45) is 3.86. The Morgan fingerprint density at radius 1 is 1.19 bits per heavy atom. The van der Waals surface area contributed by atoms with Gasteiger partial charge in [-0.15, -0.1) is 0 Å². The molecule has 3 rings (SSSR count). The Balaban J connectivity index is 1.93. The Morgan fingerprint density at radius 3 is 2.56 bits per heavy atom. The highest BCUT2D eigenvalue weighted by molar-refractivity contribution is 5.76. The Labute approximate surface area is 155 Å². The molecule has 138 valence electrons. The monoisotopic (exact) mass is 366 g/mol. The van der Waals surface area contributed by atoms with Gasteiger partial charge >= 0.3 is 0 Å². The molecule has 2 heterocycles. The number of amides is 1. The number of carbonyl (C=O) groups excluding carboxylic acids is 1. The topological polar surface area (TPSA) is 87.7 Å². The third kappa shape index (κ3) is 4.84. The van der Waals surface area contributed by atoms with Gasteiger partial charge in [0.05, 0.1) is 11.7 Å². The number of hydrogen-bond donors (Lipinski definition) is 2. The number of hydrogen-bond acceptors (Lipinski definition) is 4. The van der Waals surface area contributed by atoms with E-state index >= 15 is 0 Å². The van der Waals surface area contributed by atoms with Gasteiger partial charge in [-0.05, 0) is 29.8 Å². The van der Waals surface area contributed by atoms with Crippen molar-refractivity contribution in [3.05, 3.63) is 82.3 Å². The molecule has 7 heteroatoms. The van der Waals surface area contributed by atoms with Crippen molar-refractivity contribution in [2.24, 2.45) is 0 Å². The molecule has 27 heavy (non-hydrogen) atoms. The second kappa shape index (κ2) is 8.35. The van der Waals surface area contributed by atoms with E-state index < -0.39 is 6.04 Å². The molecule has 2 N–H and O–H groups in total. The van der Waals surface area contributed by atoms with Crippen LogP contribution in [-0.2, 0) is 11.2 Å². The van der Waals surface area contributed by atoms with Crippen molar-refractivity contribution < 1.29 is 9.18 Å². The summed E-state index contributed by atoms with van der Waals surface area (Å²) in [5.74, 6) is -0.0586. The number of aromatic nitrogens is 3. The molecule has 0 aliphatic carbocycles. The van der Waals surface area contributed by atoms with Crippen molar-refractivity contribution in [1.82, 2.24) is 20.3 Å².